The highest BCUT2D eigenvalue weighted by Gasteiger charge is 2.09. The zero-order valence-electron chi connectivity index (χ0n) is 14.4. The van der Waals surface area contributed by atoms with E-state index in [1.807, 2.05) is 44.0 Å². The van der Waals surface area contributed by atoms with Crippen LogP contribution in [0.3, 0.4) is 0 Å². The predicted octanol–water partition coefficient (Wildman–Crippen LogP) is 1.45. The highest BCUT2D eigenvalue weighted by Crippen LogP contribution is 2.09. The first-order chi connectivity index (χ1) is 11.5. The highest BCUT2D eigenvalue weighted by molar-refractivity contribution is 5.75. The predicted molar refractivity (Wildman–Crippen MR) is 95.2 cm³/mol. The van der Waals surface area contributed by atoms with Gasteiger partial charge in [0.05, 0.1) is 11.9 Å². The molecule has 2 rings (SSSR count). The molecule has 1 N–H and O–H groups in total. The smallest absolute Gasteiger partial charge is 0.269 e. The van der Waals surface area contributed by atoms with Crippen molar-refractivity contribution in [3.8, 4) is 0 Å². The van der Waals surface area contributed by atoms with E-state index in [0.717, 1.165) is 18.7 Å². The van der Waals surface area contributed by atoms with Crippen molar-refractivity contribution in [1.82, 2.24) is 15.1 Å². The summed E-state index contributed by atoms with van der Waals surface area (Å²) < 4.78 is 1.17. The zero-order valence-corrected chi connectivity index (χ0v) is 14.4. The van der Waals surface area contributed by atoms with Crippen LogP contribution in [0.1, 0.15) is 19.4 Å². The Morgan fingerprint density at radius 3 is 2.62 bits per heavy atom. The molecule has 24 heavy (non-hydrogen) atoms. The molecule has 0 aliphatic rings. The number of rotatable bonds is 7. The lowest BCUT2D eigenvalue weighted by Gasteiger charge is -2.19. The van der Waals surface area contributed by atoms with Gasteiger partial charge in [-0.05, 0) is 25.8 Å². The van der Waals surface area contributed by atoms with Crippen LogP contribution in [0.15, 0.2) is 47.4 Å². The number of likely N-dealkylation sites (N-methyl/N-ethyl adjacent to an activating group) is 1. The topological polar surface area (TPSA) is 67.2 Å². The van der Waals surface area contributed by atoms with E-state index in [2.05, 4.69) is 22.5 Å². The summed E-state index contributed by atoms with van der Waals surface area (Å²) in [5.41, 5.74) is 1.71. The van der Waals surface area contributed by atoms with Crippen molar-refractivity contribution in [1.29, 1.82) is 0 Å². The largest absolute Gasteiger partial charge is 0.373 e. The molecule has 0 saturated carbocycles. The van der Waals surface area contributed by atoms with Crippen LogP contribution in [0.4, 0.5) is 5.69 Å². The van der Waals surface area contributed by atoms with E-state index in [1.165, 1.54) is 16.3 Å². The van der Waals surface area contributed by atoms with Gasteiger partial charge in [-0.2, -0.15) is 5.10 Å². The normalized spacial score (nSPS) is 10.7. The Bertz CT molecular complexity index is 725. The van der Waals surface area contributed by atoms with Crippen LogP contribution in [-0.4, -0.2) is 35.3 Å². The zero-order chi connectivity index (χ0) is 17.5. The maximum absolute atomic E-state index is 12.1. The minimum absolute atomic E-state index is 0.0385. The van der Waals surface area contributed by atoms with Crippen molar-refractivity contribution >= 4 is 11.6 Å². The molecule has 128 valence electrons. The molecule has 0 atom stereocenters. The molecule has 0 aliphatic heterocycles. The third-order valence-electron chi connectivity index (χ3n) is 3.62. The van der Waals surface area contributed by atoms with Crippen LogP contribution in [0.5, 0.6) is 0 Å². The van der Waals surface area contributed by atoms with Gasteiger partial charge < -0.3 is 10.2 Å². The fourth-order valence-electron chi connectivity index (χ4n) is 2.33. The molecule has 0 spiro atoms. The Labute approximate surface area is 142 Å². The van der Waals surface area contributed by atoms with E-state index in [1.54, 1.807) is 6.20 Å². The molecule has 6 heteroatoms. The standard InChI is InChI=1S/C18H24N4O2/c1-14(2)20-17(23)13-22-18(24)11-16(12-19-22)21(3)10-9-15-7-5-4-6-8-15/h4-8,11-12,14H,9-10,13H2,1-3H3,(H,20,23). The lowest BCUT2D eigenvalue weighted by Crippen LogP contribution is -2.37. The number of nitrogens with one attached hydrogen (secondary N) is 1. The summed E-state index contributed by atoms with van der Waals surface area (Å²) in [5, 5.41) is 6.85. The lowest BCUT2D eigenvalue weighted by atomic mass is 10.1. The van der Waals surface area contributed by atoms with Gasteiger partial charge in [-0.25, -0.2) is 4.68 Å². The van der Waals surface area contributed by atoms with Gasteiger partial charge in [-0.1, -0.05) is 30.3 Å². The molecular weight excluding hydrogens is 304 g/mol. The Morgan fingerprint density at radius 2 is 2.00 bits per heavy atom. The summed E-state index contributed by atoms with van der Waals surface area (Å²) in [5.74, 6) is -0.218. The minimum atomic E-state index is -0.280. The first kappa shape index (κ1) is 17.7. The number of benzene rings is 1. The number of anilines is 1. The third-order valence-corrected chi connectivity index (χ3v) is 3.62. The van der Waals surface area contributed by atoms with Crippen molar-refractivity contribution in [2.45, 2.75) is 32.9 Å². The molecule has 1 aromatic carbocycles. The van der Waals surface area contributed by atoms with Crippen LogP contribution in [0.25, 0.3) is 0 Å². The van der Waals surface area contributed by atoms with E-state index >= 15 is 0 Å². The van der Waals surface area contributed by atoms with Gasteiger partial charge in [0.2, 0.25) is 5.91 Å². The van der Waals surface area contributed by atoms with Crippen molar-refractivity contribution in [2.24, 2.45) is 0 Å². The Kier molecular flexibility index (Phi) is 6.12. The lowest BCUT2D eigenvalue weighted by molar-refractivity contribution is -0.122. The van der Waals surface area contributed by atoms with Crippen molar-refractivity contribution in [3.63, 3.8) is 0 Å². The van der Waals surface area contributed by atoms with Crippen LogP contribution >= 0.6 is 0 Å². The van der Waals surface area contributed by atoms with Gasteiger partial charge in [-0.15, -0.1) is 0 Å². The molecule has 0 fully saturated rings. The second-order valence-corrected chi connectivity index (χ2v) is 6.09. The van der Waals surface area contributed by atoms with Gasteiger partial charge in [0, 0.05) is 25.7 Å². The third kappa shape index (κ3) is 5.22. The van der Waals surface area contributed by atoms with Gasteiger partial charge in [-0.3, -0.25) is 9.59 Å². The molecule has 0 saturated heterocycles. The van der Waals surface area contributed by atoms with Gasteiger partial charge in [0.1, 0.15) is 6.54 Å². The number of hydrogen-bond acceptors (Lipinski definition) is 4. The van der Waals surface area contributed by atoms with Crippen LogP contribution in [0.2, 0.25) is 0 Å². The molecule has 0 aliphatic carbocycles. The number of aromatic nitrogens is 2. The fourth-order valence-corrected chi connectivity index (χ4v) is 2.33. The Morgan fingerprint density at radius 1 is 1.29 bits per heavy atom. The van der Waals surface area contributed by atoms with Gasteiger partial charge in [0.25, 0.3) is 5.56 Å². The monoisotopic (exact) mass is 328 g/mol. The fraction of sp³-hybridized carbons (Fsp3) is 0.389. The molecule has 2 aromatic rings. The van der Waals surface area contributed by atoms with Crippen molar-refractivity contribution in [2.75, 3.05) is 18.5 Å². The number of amides is 1. The van der Waals surface area contributed by atoms with Crippen LogP contribution < -0.4 is 15.8 Å². The average molecular weight is 328 g/mol. The van der Waals surface area contributed by atoms with Crippen LogP contribution in [0, 0.1) is 0 Å². The Balaban J connectivity index is 1.98. The number of carbonyl (C=O) groups is 1. The molecule has 0 radical (unpaired) electrons. The molecule has 1 amide bonds. The summed E-state index contributed by atoms with van der Waals surface area (Å²) in [6.07, 6.45) is 2.51. The summed E-state index contributed by atoms with van der Waals surface area (Å²) in [7, 11) is 1.93. The molecule has 0 bridgehead atoms. The quantitative estimate of drug-likeness (QED) is 0.835. The SMILES string of the molecule is CC(C)NC(=O)Cn1ncc(N(C)CCc2ccccc2)cc1=O. The van der Waals surface area contributed by atoms with E-state index in [9.17, 15) is 9.59 Å². The molecular formula is C18H24N4O2. The van der Waals surface area contributed by atoms with Crippen LogP contribution in [-0.2, 0) is 17.8 Å². The molecule has 0 unspecified atom stereocenters. The summed E-state index contributed by atoms with van der Waals surface area (Å²) in [6, 6.07) is 11.7. The van der Waals surface area contributed by atoms with E-state index < -0.39 is 0 Å². The van der Waals surface area contributed by atoms with Crippen molar-refractivity contribution < 1.29 is 4.79 Å². The van der Waals surface area contributed by atoms with E-state index in [-0.39, 0.29) is 24.1 Å². The first-order valence-corrected chi connectivity index (χ1v) is 8.07. The van der Waals surface area contributed by atoms with E-state index in [4.69, 9.17) is 0 Å². The summed E-state index contributed by atoms with van der Waals surface area (Å²) in [6.45, 7) is 4.46. The number of nitrogens with zero attached hydrogens (tertiary/aromatic N) is 3. The van der Waals surface area contributed by atoms with Crippen molar-refractivity contribution in [3.05, 3.63) is 58.5 Å². The Hall–Kier alpha value is -2.63. The molecule has 1 aromatic heterocycles. The second kappa shape index (κ2) is 8.29. The summed E-state index contributed by atoms with van der Waals surface area (Å²) >= 11 is 0. The maximum Gasteiger partial charge on any atom is 0.269 e. The van der Waals surface area contributed by atoms with E-state index in [0.29, 0.717) is 0 Å². The maximum atomic E-state index is 12.1. The highest BCUT2D eigenvalue weighted by atomic mass is 16.2. The molecule has 1 heterocycles. The van der Waals surface area contributed by atoms with Gasteiger partial charge in [0.15, 0.2) is 0 Å². The summed E-state index contributed by atoms with van der Waals surface area (Å²) in [4.78, 5) is 25.9. The van der Waals surface area contributed by atoms with Gasteiger partial charge >= 0.3 is 0 Å². The molecule has 6 nitrogen and oxygen atoms in total. The second-order valence-electron chi connectivity index (χ2n) is 6.09. The first-order valence-electron chi connectivity index (χ1n) is 8.07. The number of carbonyl (C=O) groups excluding carboxylic acids is 1. The average Bonchev–Trinajstić information content (AvgIpc) is 2.54. The number of hydrogen-bond donors (Lipinski definition) is 1. The minimum Gasteiger partial charge on any atom is -0.373 e.